The lowest BCUT2D eigenvalue weighted by Crippen LogP contribution is -2.14. The molecule has 8 heteroatoms. The van der Waals surface area contributed by atoms with Gasteiger partial charge in [-0.25, -0.2) is 9.78 Å². The quantitative estimate of drug-likeness (QED) is 0.299. The van der Waals surface area contributed by atoms with Gasteiger partial charge in [0.25, 0.3) is 5.91 Å². The number of nitrogens with one attached hydrogen (secondary N) is 1. The number of primary amides is 1. The van der Waals surface area contributed by atoms with Gasteiger partial charge >= 0.3 is 5.97 Å². The molecule has 0 saturated carbocycles. The first-order valence-electron chi connectivity index (χ1n) is 10.3. The Kier molecular flexibility index (Phi) is 6.24. The van der Waals surface area contributed by atoms with Crippen molar-refractivity contribution in [1.29, 1.82) is 0 Å². The molecule has 0 radical (unpaired) electrons. The van der Waals surface area contributed by atoms with E-state index in [0.717, 1.165) is 16.8 Å². The van der Waals surface area contributed by atoms with Crippen LogP contribution in [0.5, 0.6) is 0 Å². The van der Waals surface area contributed by atoms with E-state index in [1.807, 2.05) is 31.2 Å². The number of ether oxygens (including phenoxy) is 1. The Bertz CT molecular complexity index is 1370. The molecule has 4 rings (SSSR count). The monoisotopic (exact) mass is 460 g/mol. The highest BCUT2D eigenvalue weighted by molar-refractivity contribution is 6.29. The zero-order chi connectivity index (χ0) is 23.5. The van der Waals surface area contributed by atoms with Gasteiger partial charge < -0.3 is 15.8 Å². The molecule has 1 amide bonds. The first-order valence-corrected chi connectivity index (χ1v) is 10.6. The van der Waals surface area contributed by atoms with Gasteiger partial charge in [0.2, 0.25) is 0 Å². The molecule has 3 N–H and O–H groups in total. The molecule has 0 aliphatic heterocycles. The molecule has 0 atom stereocenters. The Morgan fingerprint density at radius 2 is 1.91 bits per heavy atom. The topological polar surface area (TPSA) is 107 Å². The van der Waals surface area contributed by atoms with E-state index in [2.05, 4.69) is 15.3 Å². The average Bonchev–Trinajstić information content (AvgIpc) is 2.78. The highest BCUT2D eigenvalue weighted by Gasteiger charge is 2.16. The number of rotatable bonds is 6. The van der Waals surface area contributed by atoms with Crippen LogP contribution in [0.1, 0.15) is 33.3 Å². The maximum absolute atomic E-state index is 12.1. The number of carbonyl (C=O) groups is 2. The van der Waals surface area contributed by atoms with Crippen LogP contribution in [0.3, 0.4) is 0 Å². The Balaban J connectivity index is 1.80. The highest BCUT2D eigenvalue weighted by atomic mass is 35.5. The van der Waals surface area contributed by atoms with E-state index in [9.17, 15) is 9.59 Å². The molecule has 0 aliphatic rings. The largest absolute Gasteiger partial charge is 0.462 e. The van der Waals surface area contributed by atoms with Crippen molar-refractivity contribution in [3.8, 4) is 11.1 Å². The van der Waals surface area contributed by atoms with Gasteiger partial charge in [0, 0.05) is 23.0 Å². The SMILES string of the molecule is CCOC(=O)c1cccc(Nc2c(C(N)=O)cnc3cc(-c4cc(C)nc(Cl)c4)ccc23)c1. The second kappa shape index (κ2) is 9.26. The summed E-state index contributed by atoms with van der Waals surface area (Å²) in [6, 6.07) is 16.3. The highest BCUT2D eigenvalue weighted by Crippen LogP contribution is 2.33. The van der Waals surface area contributed by atoms with Gasteiger partial charge in [-0.3, -0.25) is 9.78 Å². The molecule has 0 aliphatic carbocycles. The van der Waals surface area contributed by atoms with Crippen LogP contribution in [0.15, 0.2) is 60.8 Å². The maximum atomic E-state index is 12.1. The summed E-state index contributed by atoms with van der Waals surface area (Å²) in [6.07, 6.45) is 1.44. The van der Waals surface area contributed by atoms with Crippen LogP contribution >= 0.6 is 11.6 Å². The lowest BCUT2D eigenvalue weighted by Gasteiger charge is -2.15. The minimum atomic E-state index is -0.617. The van der Waals surface area contributed by atoms with E-state index in [-0.39, 0.29) is 12.2 Å². The number of amides is 1. The summed E-state index contributed by atoms with van der Waals surface area (Å²) in [4.78, 5) is 32.9. The number of halogens is 1. The molecule has 2 aromatic carbocycles. The molecule has 4 aromatic rings. The number of nitrogens with two attached hydrogens (primary N) is 1. The van der Waals surface area contributed by atoms with Gasteiger partial charge in [0.1, 0.15) is 5.15 Å². The lowest BCUT2D eigenvalue weighted by atomic mass is 10.0. The lowest BCUT2D eigenvalue weighted by molar-refractivity contribution is 0.0526. The van der Waals surface area contributed by atoms with Gasteiger partial charge in [-0.15, -0.1) is 0 Å². The van der Waals surface area contributed by atoms with Crippen molar-refractivity contribution in [2.45, 2.75) is 13.8 Å². The number of carbonyl (C=O) groups excluding carboxylic acids is 2. The van der Waals surface area contributed by atoms with Crippen molar-refractivity contribution in [3.05, 3.63) is 82.8 Å². The Morgan fingerprint density at radius 1 is 1.09 bits per heavy atom. The molecule has 33 heavy (non-hydrogen) atoms. The Hall–Kier alpha value is -3.97. The third kappa shape index (κ3) is 4.78. The zero-order valence-corrected chi connectivity index (χ0v) is 18.8. The fourth-order valence-corrected chi connectivity index (χ4v) is 3.82. The minimum absolute atomic E-state index is 0.236. The van der Waals surface area contributed by atoms with Crippen molar-refractivity contribution in [1.82, 2.24) is 9.97 Å². The van der Waals surface area contributed by atoms with Crippen molar-refractivity contribution in [3.63, 3.8) is 0 Å². The molecule has 166 valence electrons. The van der Waals surface area contributed by atoms with Crippen LogP contribution in [0, 0.1) is 6.92 Å². The summed E-state index contributed by atoms with van der Waals surface area (Å²) in [5.74, 6) is -1.04. The Morgan fingerprint density at radius 3 is 2.64 bits per heavy atom. The van der Waals surface area contributed by atoms with E-state index in [4.69, 9.17) is 22.1 Å². The standard InChI is InChI=1S/C25H21ClN4O3/c1-3-33-25(32)16-5-4-6-18(10-16)30-23-19-8-7-15(17-9-14(2)29-22(26)12-17)11-21(19)28-13-20(23)24(27)31/h4-13H,3H2,1-2H3,(H2,27,31)(H,28,30). The number of aryl methyl sites for hydroxylation is 1. The molecular weight excluding hydrogens is 440 g/mol. The second-order valence-electron chi connectivity index (χ2n) is 7.39. The second-order valence-corrected chi connectivity index (χ2v) is 7.78. The predicted molar refractivity (Wildman–Crippen MR) is 129 cm³/mol. The number of fused-ring (bicyclic) bond motifs is 1. The normalized spacial score (nSPS) is 10.8. The van der Waals surface area contributed by atoms with Crippen molar-refractivity contribution in [2.75, 3.05) is 11.9 Å². The molecular formula is C25H21ClN4O3. The number of benzene rings is 2. The summed E-state index contributed by atoms with van der Waals surface area (Å²) in [5.41, 5.74) is 10.6. The van der Waals surface area contributed by atoms with Crippen LogP contribution in [-0.4, -0.2) is 28.5 Å². The van der Waals surface area contributed by atoms with Gasteiger partial charge in [-0.05, 0) is 61.4 Å². The molecule has 2 heterocycles. The van der Waals surface area contributed by atoms with Crippen molar-refractivity contribution >= 4 is 45.8 Å². The van der Waals surface area contributed by atoms with E-state index in [1.54, 1.807) is 37.3 Å². The number of hydrogen-bond acceptors (Lipinski definition) is 6. The number of hydrogen-bond donors (Lipinski definition) is 2. The molecule has 0 saturated heterocycles. The van der Waals surface area contributed by atoms with Gasteiger partial charge in [0.15, 0.2) is 0 Å². The van der Waals surface area contributed by atoms with Crippen molar-refractivity contribution in [2.24, 2.45) is 5.73 Å². The van der Waals surface area contributed by atoms with Crippen LogP contribution in [0.2, 0.25) is 5.15 Å². The third-order valence-electron chi connectivity index (χ3n) is 5.03. The molecule has 7 nitrogen and oxygen atoms in total. The maximum Gasteiger partial charge on any atom is 0.338 e. The van der Waals surface area contributed by atoms with E-state index in [1.165, 1.54) is 6.20 Å². The first kappa shape index (κ1) is 22.2. The summed E-state index contributed by atoms with van der Waals surface area (Å²) in [6.45, 7) is 3.90. The van der Waals surface area contributed by atoms with Crippen LogP contribution in [-0.2, 0) is 4.74 Å². The molecule has 0 spiro atoms. The number of aromatic nitrogens is 2. The zero-order valence-electron chi connectivity index (χ0n) is 18.1. The first-order chi connectivity index (χ1) is 15.9. The summed E-state index contributed by atoms with van der Waals surface area (Å²) in [7, 11) is 0. The fraction of sp³-hybridized carbons (Fsp3) is 0.120. The van der Waals surface area contributed by atoms with E-state index >= 15 is 0 Å². The fourth-order valence-electron chi connectivity index (χ4n) is 3.57. The van der Waals surface area contributed by atoms with Crippen LogP contribution in [0.25, 0.3) is 22.0 Å². The van der Waals surface area contributed by atoms with E-state index in [0.29, 0.717) is 33.0 Å². The number of nitrogens with zero attached hydrogens (tertiary/aromatic N) is 2. The average molecular weight is 461 g/mol. The predicted octanol–water partition coefficient (Wildman–Crippen LogP) is 5.28. The van der Waals surface area contributed by atoms with Crippen molar-refractivity contribution < 1.29 is 14.3 Å². The van der Waals surface area contributed by atoms with Gasteiger partial charge in [0.05, 0.1) is 28.9 Å². The smallest absolute Gasteiger partial charge is 0.338 e. The number of pyridine rings is 2. The van der Waals surface area contributed by atoms with Gasteiger partial charge in [-0.2, -0.15) is 0 Å². The molecule has 0 fully saturated rings. The van der Waals surface area contributed by atoms with Gasteiger partial charge in [-0.1, -0.05) is 29.8 Å². The van der Waals surface area contributed by atoms with E-state index < -0.39 is 11.9 Å². The molecule has 2 aromatic heterocycles. The summed E-state index contributed by atoms with van der Waals surface area (Å²) < 4.78 is 5.07. The Labute approximate surface area is 195 Å². The van der Waals surface area contributed by atoms with Crippen LogP contribution < -0.4 is 11.1 Å². The minimum Gasteiger partial charge on any atom is -0.462 e. The summed E-state index contributed by atoms with van der Waals surface area (Å²) in [5, 5.41) is 4.34. The molecule has 0 bridgehead atoms. The molecule has 0 unspecified atom stereocenters. The number of anilines is 2. The third-order valence-corrected chi connectivity index (χ3v) is 5.23. The summed E-state index contributed by atoms with van der Waals surface area (Å²) >= 11 is 6.12. The van der Waals surface area contributed by atoms with Crippen LogP contribution in [0.4, 0.5) is 11.4 Å². The number of esters is 1.